The monoisotopic (exact) mass is 922 g/mol. The first-order valence-electron chi connectivity index (χ1n) is 19.7. The van der Waals surface area contributed by atoms with Crippen molar-refractivity contribution in [3.05, 3.63) is 162 Å². The molecular formula is C50H48Cl2F6Zr. The van der Waals surface area contributed by atoms with Crippen molar-refractivity contribution in [3.63, 3.8) is 0 Å². The molecule has 1 unspecified atom stereocenters. The van der Waals surface area contributed by atoms with Crippen LogP contribution in [0.25, 0.3) is 22.3 Å². The Morgan fingerprint density at radius 2 is 1.03 bits per heavy atom. The van der Waals surface area contributed by atoms with E-state index in [-0.39, 0.29) is 50.6 Å². The SMILES string of the molecule is CC1=CC(C)(C)c2cc3c(cc21)-c1cc2c(cc1[CH]3[Zr+2]([C]1=CC(C(C)(C)C)=CC1C)=[C](c1cccc(C(F)(F)F)c1)c1cccc(C(F)(F)F)c1)C(C)(C)C=C2C.[Cl-].[Cl-]. The molecule has 4 aromatic carbocycles. The van der Waals surface area contributed by atoms with Crippen molar-refractivity contribution in [2.75, 3.05) is 0 Å². The maximum absolute atomic E-state index is 14.6. The van der Waals surface area contributed by atoms with Gasteiger partial charge in [0.05, 0.1) is 0 Å². The Morgan fingerprint density at radius 3 is 1.41 bits per heavy atom. The zero-order valence-corrected chi connectivity index (χ0v) is 38.9. The zero-order chi connectivity index (χ0) is 41.4. The van der Waals surface area contributed by atoms with Crippen LogP contribution in [0.15, 0.2) is 106 Å². The van der Waals surface area contributed by atoms with E-state index in [1.807, 2.05) is 0 Å². The minimum absolute atomic E-state index is 0. The first-order valence-corrected chi connectivity index (χ1v) is 23.5. The molecule has 0 saturated heterocycles. The average Bonchev–Trinajstić information content (AvgIpc) is 3.78. The van der Waals surface area contributed by atoms with Gasteiger partial charge >= 0.3 is 342 Å². The van der Waals surface area contributed by atoms with Crippen molar-refractivity contribution >= 4 is 14.4 Å². The fraction of sp³-hybridized carbons (Fsp3) is 0.340. The van der Waals surface area contributed by atoms with Gasteiger partial charge in [-0.3, -0.25) is 0 Å². The van der Waals surface area contributed by atoms with Crippen LogP contribution >= 0.6 is 0 Å². The maximum Gasteiger partial charge on any atom is -1.00 e. The van der Waals surface area contributed by atoms with Crippen LogP contribution in [0.5, 0.6) is 0 Å². The van der Waals surface area contributed by atoms with Gasteiger partial charge in [0.15, 0.2) is 0 Å². The molecule has 9 heteroatoms. The van der Waals surface area contributed by atoms with Crippen LogP contribution in [0.1, 0.15) is 128 Å². The molecule has 4 aromatic rings. The second-order valence-corrected chi connectivity index (χ2v) is 24.8. The number of hydrogen-bond acceptors (Lipinski definition) is 0. The summed E-state index contributed by atoms with van der Waals surface area (Å²) in [6.07, 6.45) is -0.153. The van der Waals surface area contributed by atoms with Gasteiger partial charge in [0.25, 0.3) is 0 Å². The number of benzene rings is 4. The summed E-state index contributed by atoms with van der Waals surface area (Å²) in [5, 5.41) is 0. The summed E-state index contributed by atoms with van der Waals surface area (Å²) in [6, 6.07) is 19.9. The van der Waals surface area contributed by atoms with Crippen LogP contribution in [0.4, 0.5) is 26.3 Å². The maximum atomic E-state index is 14.6. The summed E-state index contributed by atoms with van der Waals surface area (Å²) in [7, 11) is 0. The fourth-order valence-electron chi connectivity index (χ4n) is 9.90. The molecular weight excluding hydrogens is 877 g/mol. The number of hydrogen-bond donors (Lipinski definition) is 0. The second kappa shape index (κ2) is 15.0. The third-order valence-corrected chi connectivity index (χ3v) is 21.3. The summed E-state index contributed by atoms with van der Waals surface area (Å²) < 4.78 is 89.1. The average molecular weight is 925 g/mol. The number of halogens is 8. The number of allylic oxidation sites excluding steroid dienone is 8. The van der Waals surface area contributed by atoms with Crippen LogP contribution < -0.4 is 24.8 Å². The van der Waals surface area contributed by atoms with E-state index in [4.69, 9.17) is 0 Å². The molecule has 0 fully saturated rings. The van der Waals surface area contributed by atoms with Gasteiger partial charge in [-0.15, -0.1) is 0 Å². The van der Waals surface area contributed by atoms with E-state index in [1.165, 1.54) is 60.9 Å². The van der Waals surface area contributed by atoms with Crippen molar-refractivity contribution < 1.29 is 72.4 Å². The van der Waals surface area contributed by atoms with Crippen molar-refractivity contribution in [1.29, 1.82) is 0 Å². The summed E-state index contributed by atoms with van der Waals surface area (Å²) in [5.74, 6) is -0.0581. The predicted molar refractivity (Wildman–Crippen MR) is 218 cm³/mol. The molecule has 0 spiro atoms. The van der Waals surface area contributed by atoms with Gasteiger partial charge < -0.3 is 24.8 Å². The molecule has 0 amide bonds. The van der Waals surface area contributed by atoms with Gasteiger partial charge in [-0.25, -0.2) is 0 Å². The van der Waals surface area contributed by atoms with E-state index in [9.17, 15) is 26.3 Å². The van der Waals surface area contributed by atoms with Crippen LogP contribution in [0.3, 0.4) is 0 Å². The molecule has 4 aliphatic carbocycles. The number of fused-ring (bicyclic) bond motifs is 5. The molecule has 0 N–H and O–H groups in total. The molecule has 0 heterocycles. The Kier molecular flexibility index (Phi) is 11.5. The minimum atomic E-state index is -4.64. The Bertz CT molecular complexity index is 2420. The van der Waals surface area contributed by atoms with Gasteiger partial charge in [-0.2, -0.15) is 0 Å². The molecule has 8 rings (SSSR count). The molecule has 4 aliphatic rings. The largest absolute Gasteiger partial charge is 1.00 e. The molecule has 59 heavy (non-hydrogen) atoms. The summed E-state index contributed by atoms with van der Waals surface area (Å²) in [5.41, 5.74) is 11.1. The molecule has 308 valence electrons. The van der Waals surface area contributed by atoms with Gasteiger partial charge in [-0.05, 0) is 0 Å². The van der Waals surface area contributed by atoms with Gasteiger partial charge in [0.2, 0.25) is 0 Å². The smallest absolute Gasteiger partial charge is 1.00 e. The molecule has 0 saturated carbocycles. The summed E-state index contributed by atoms with van der Waals surface area (Å²) >= 11 is -3.86. The van der Waals surface area contributed by atoms with Crippen molar-refractivity contribution in [3.8, 4) is 11.1 Å². The van der Waals surface area contributed by atoms with Crippen molar-refractivity contribution in [2.45, 2.75) is 96.0 Å². The van der Waals surface area contributed by atoms with E-state index in [1.54, 1.807) is 12.1 Å². The molecule has 0 aromatic heterocycles. The third kappa shape index (κ3) is 7.69. The summed E-state index contributed by atoms with van der Waals surface area (Å²) in [4.78, 5) is 0. The van der Waals surface area contributed by atoms with Crippen molar-refractivity contribution in [1.82, 2.24) is 0 Å². The quantitative estimate of drug-likeness (QED) is 0.180. The van der Waals surface area contributed by atoms with E-state index in [2.05, 4.69) is 118 Å². The topological polar surface area (TPSA) is 0 Å². The second-order valence-electron chi connectivity index (χ2n) is 18.7. The normalized spacial score (nSPS) is 18.5. The molecule has 1 atom stereocenters. The van der Waals surface area contributed by atoms with E-state index in [0.29, 0.717) is 14.3 Å². The van der Waals surface area contributed by atoms with Crippen LogP contribution in [0, 0.1) is 11.3 Å². The van der Waals surface area contributed by atoms with Crippen LogP contribution in [0.2, 0.25) is 0 Å². The Hall–Kier alpha value is -3.25. The zero-order valence-electron chi connectivity index (χ0n) is 34.9. The van der Waals surface area contributed by atoms with Gasteiger partial charge in [0.1, 0.15) is 0 Å². The predicted octanol–water partition coefficient (Wildman–Crippen LogP) is 8.58. The number of rotatable bonds is 4. The molecule has 0 aliphatic heterocycles. The Morgan fingerprint density at radius 1 is 0.610 bits per heavy atom. The Labute approximate surface area is 364 Å². The first kappa shape index (κ1) is 45.3. The van der Waals surface area contributed by atoms with E-state index >= 15 is 0 Å². The summed E-state index contributed by atoms with van der Waals surface area (Å²) in [6.45, 7) is 21.7. The van der Waals surface area contributed by atoms with Gasteiger partial charge in [-0.1, -0.05) is 0 Å². The van der Waals surface area contributed by atoms with Crippen LogP contribution in [-0.2, 0) is 44.4 Å². The Balaban J connectivity index is 0.00000293. The fourth-order valence-corrected chi connectivity index (χ4v) is 19.3. The van der Waals surface area contributed by atoms with Gasteiger partial charge in [0, 0.05) is 0 Å². The standard InChI is InChI=1S/C25H25.C15H8F6.C10H15.2ClH.Zr/c1-14-12-24(3,4)22-8-16-7-17-9-23-19(15(2)13-25(23,5)6)11-21(17)20(16)10-18(14)22;16-14(17,18)12-5-1-3-10(8-12)7-11-4-2-6-13(9-11)15(19,20)21;1-8-5-6-9(7-8)10(2,3)4;;;/h7-13H,1-6H3;1-6,8-9H;6-8H,1-4H3;2*1H;/q;;;;;+2/p-2. The third-order valence-electron chi connectivity index (χ3n) is 12.6. The van der Waals surface area contributed by atoms with E-state index in [0.717, 1.165) is 40.0 Å². The first-order chi connectivity index (χ1) is 26.4. The number of alkyl halides is 6. The van der Waals surface area contributed by atoms with Crippen molar-refractivity contribution in [2.24, 2.45) is 11.3 Å². The van der Waals surface area contributed by atoms with Crippen LogP contribution in [-0.4, -0.2) is 3.21 Å². The van der Waals surface area contributed by atoms with E-state index < -0.39 is 44.7 Å². The minimum Gasteiger partial charge on any atom is -1.00 e. The molecule has 0 radical (unpaired) electrons. The molecule has 0 nitrogen and oxygen atoms in total. The molecule has 0 bridgehead atoms.